The highest BCUT2D eigenvalue weighted by molar-refractivity contribution is 5.74. The van der Waals surface area contributed by atoms with Crippen LogP contribution in [0, 0.1) is 10.1 Å². The molecule has 0 radical (unpaired) electrons. The highest BCUT2D eigenvalue weighted by Gasteiger charge is 2.12. The van der Waals surface area contributed by atoms with Crippen LogP contribution in [0.4, 0.5) is 5.69 Å². The monoisotopic (exact) mass is 207 g/mol. The van der Waals surface area contributed by atoms with Crippen LogP contribution in [0.3, 0.4) is 0 Å². The molecule has 0 aliphatic carbocycles. The van der Waals surface area contributed by atoms with E-state index in [2.05, 4.69) is 6.58 Å². The van der Waals surface area contributed by atoms with Crippen molar-refractivity contribution in [3.8, 4) is 0 Å². The summed E-state index contributed by atoms with van der Waals surface area (Å²) >= 11 is 0. The molecule has 0 saturated carbocycles. The first-order valence-corrected chi connectivity index (χ1v) is 4.12. The summed E-state index contributed by atoms with van der Waals surface area (Å²) in [6, 6.07) is 5.29. The summed E-state index contributed by atoms with van der Waals surface area (Å²) in [5, 5.41) is 19.9. The summed E-state index contributed by atoms with van der Waals surface area (Å²) < 4.78 is 0. The maximum absolute atomic E-state index is 10.3. The second-order valence-corrected chi connectivity index (χ2v) is 2.94. The minimum atomic E-state index is -1.11. The van der Waals surface area contributed by atoms with Gasteiger partial charge in [-0.3, -0.25) is 14.9 Å². The van der Waals surface area contributed by atoms with Crippen LogP contribution in [0.25, 0.3) is 0 Å². The lowest BCUT2D eigenvalue weighted by Gasteiger charge is -2.08. The van der Waals surface area contributed by atoms with Crippen molar-refractivity contribution >= 4 is 12.0 Å². The van der Waals surface area contributed by atoms with Gasteiger partial charge in [0.05, 0.1) is 4.92 Å². The molecule has 1 aromatic rings. The van der Waals surface area contributed by atoms with Gasteiger partial charge in [-0.05, 0) is 17.7 Å². The Bertz CT molecular complexity index is 396. The van der Waals surface area contributed by atoms with Crippen LogP contribution in [0.5, 0.6) is 0 Å². The molecule has 1 unspecified atom stereocenters. The number of aliphatic hydroxyl groups excluding tert-OH is 1. The average molecular weight is 207 g/mol. The lowest BCUT2D eigenvalue weighted by atomic mass is 10.0. The topological polar surface area (TPSA) is 80.4 Å². The van der Waals surface area contributed by atoms with E-state index in [4.69, 9.17) is 0 Å². The second-order valence-electron chi connectivity index (χ2n) is 2.94. The van der Waals surface area contributed by atoms with Crippen LogP contribution in [-0.4, -0.2) is 16.3 Å². The summed E-state index contributed by atoms with van der Waals surface area (Å²) in [6.07, 6.45) is -0.658. The van der Waals surface area contributed by atoms with Crippen LogP contribution in [0.1, 0.15) is 11.7 Å². The van der Waals surface area contributed by atoms with Crippen LogP contribution >= 0.6 is 0 Å². The molecule has 0 bridgehead atoms. The van der Waals surface area contributed by atoms with Gasteiger partial charge in [0.2, 0.25) is 0 Å². The summed E-state index contributed by atoms with van der Waals surface area (Å²) in [7, 11) is 0. The molecular formula is C10H9NO4. The van der Waals surface area contributed by atoms with Gasteiger partial charge in [0.1, 0.15) is 12.4 Å². The Morgan fingerprint density at radius 2 is 2.00 bits per heavy atom. The van der Waals surface area contributed by atoms with E-state index in [0.29, 0.717) is 11.8 Å². The van der Waals surface area contributed by atoms with Gasteiger partial charge >= 0.3 is 0 Å². The van der Waals surface area contributed by atoms with Gasteiger partial charge in [-0.25, -0.2) is 0 Å². The number of nitro benzene ring substituents is 1. The van der Waals surface area contributed by atoms with E-state index in [1.165, 1.54) is 24.3 Å². The van der Waals surface area contributed by atoms with Crippen molar-refractivity contribution in [1.29, 1.82) is 0 Å². The number of aldehydes is 1. The van der Waals surface area contributed by atoms with Gasteiger partial charge in [-0.1, -0.05) is 6.58 Å². The normalized spacial score (nSPS) is 11.8. The largest absolute Gasteiger partial charge is 0.384 e. The van der Waals surface area contributed by atoms with E-state index < -0.39 is 11.0 Å². The van der Waals surface area contributed by atoms with Crippen molar-refractivity contribution in [1.82, 2.24) is 0 Å². The van der Waals surface area contributed by atoms with Crippen LogP contribution in [0.15, 0.2) is 36.4 Å². The zero-order valence-corrected chi connectivity index (χ0v) is 7.79. The number of benzene rings is 1. The molecule has 1 aromatic carbocycles. The summed E-state index contributed by atoms with van der Waals surface area (Å²) in [5.41, 5.74) is 0.351. The molecule has 0 spiro atoms. The van der Waals surface area contributed by atoms with Gasteiger partial charge in [0.25, 0.3) is 5.69 Å². The lowest BCUT2D eigenvalue weighted by Crippen LogP contribution is -2.01. The Morgan fingerprint density at radius 1 is 1.47 bits per heavy atom. The Kier molecular flexibility index (Phi) is 3.30. The molecule has 0 aromatic heterocycles. The summed E-state index contributed by atoms with van der Waals surface area (Å²) in [4.78, 5) is 20.1. The van der Waals surface area contributed by atoms with E-state index in [1.54, 1.807) is 0 Å². The quantitative estimate of drug-likeness (QED) is 0.350. The van der Waals surface area contributed by atoms with E-state index in [9.17, 15) is 20.0 Å². The van der Waals surface area contributed by atoms with E-state index in [-0.39, 0.29) is 11.3 Å². The van der Waals surface area contributed by atoms with Gasteiger partial charge in [0.15, 0.2) is 0 Å². The molecule has 5 nitrogen and oxygen atoms in total. The molecule has 0 aliphatic heterocycles. The Morgan fingerprint density at radius 3 is 2.40 bits per heavy atom. The SMILES string of the molecule is C=C(C=O)C(O)c1ccc([N+](=O)[O-])cc1. The molecule has 0 saturated heterocycles. The molecule has 5 heteroatoms. The molecule has 0 aliphatic rings. The third-order valence-electron chi connectivity index (χ3n) is 1.92. The number of non-ortho nitro benzene ring substituents is 1. The molecule has 78 valence electrons. The minimum absolute atomic E-state index is 0.0175. The summed E-state index contributed by atoms with van der Waals surface area (Å²) in [6.45, 7) is 3.36. The minimum Gasteiger partial charge on any atom is -0.384 e. The Labute approximate surface area is 85.8 Å². The predicted octanol–water partition coefficient (Wildman–Crippen LogP) is 1.38. The number of carbonyl (C=O) groups excluding carboxylic acids is 1. The molecule has 15 heavy (non-hydrogen) atoms. The molecule has 0 fully saturated rings. The molecule has 0 amide bonds. The van der Waals surface area contributed by atoms with Crippen molar-refractivity contribution < 1.29 is 14.8 Å². The molecule has 0 heterocycles. The maximum Gasteiger partial charge on any atom is 0.269 e. The predicted molar refractivity (Wildman–Crippen MR) is 53.3 cm³/mol. The first-order valence-electron chi connectivity index (χ1n) is 4.12. The Balaban J connectivity index is 2.93. The van der Waals surface area contributed by atoms with Gasteiger partial charge < -0.3 is 5.11 Å². The standard InChI is InChI=1S/C10H9NO4/c1-7(6-12)10(13)8-2-4-9(5-3-8)11(14)15/h2-6,10,13H,1H2. The molecule has 1 atom stereocenters. The second kappa shape index (κ2) is 4.47. The van der Waals surface area contributed by atoms with E-state index in [1.807, 2.05) is 0 Å². The van der Waals surface area contributed by atoms with E-state index in [0.717, 1.165) is 0 Å². The molecule has 1 rings (SSSR count). The van der Waals surface area contributed by atoms with Crippen molar-refractivity contribution in [3.63, 3.8) is 0 Å². The highest BCUT2D eigenvalue weighted by atomic mass is 16.6. The number of nitrogens with zero attached hydrogens (tertiary/aromatic N) is 1. The first kappa shape index (κ1) is 11.1. The summed E-state index contributed by atoms with van der Waals surface area (Å²) in [5.74, 6) is 0. The van der Waals surface area contributed by atoms with Crippen molar-refractivity contribution in [2.45, 2.75) is 6.10 Å². The number of carbonyl (C=O) groups is 1. The lowest BCUT2D eigenvalue weighted by molar-refractivity contribution is -0.384. The highest BCUT2D eigenvalue weighted by Crippen LogP contribution is 2.21. The number of aliphatic hydroxyl groups is 1. The molecule has 1 N–H and O–H groups in total. The van der Waals surface area contributed by atoms with E-state index >= 15 is 0 Å². The van der Waals surface area contributed by atoms with Crippen molar-refractivity contribution in [2.24, 2.45) is 0 Å². The zero-order chi connectivity index (χ0) is 11.4. The van der Waals surface area contributed by atoms with Crippen LogP contribution < -0.4 is 0 Å². The third kappa shape index (κ3) is 2.47. The van der Waals surface area contributed by atoms with Crippen LogP contribution in [0.2, 0.25) is 0 Å². The zero-order valence-electron chi connectivity index (χ0n) is 7.79. The molecular weight excluding hydrogens is 198 g/mol. The van der Waals surface area contributed by atoms with Crippen LogP contribution in [-0.2, 0) is 4.79 Å². The number of hydrogen-bond acceptors (Lipinski definition) is 4. The number of rotatable bonds is 4. The number of nitro groups is 1. The van der Waals surface area contributed by atoms with Crippen molar-refractivity contribution in [2.75, 3.05) is 0 Å². The maximum atomic E-state index is 10.3. The average Bonchev–Trinajstić information content (AvgIpc) is 2.27. The first-order chi connectivity index (χ1) is 7.06. The van der Waals surface area contributed by atoms with Gasteiger partial charge in [-0.2, -0.15) is 0 Å². The number of hydrogen-bond donors (Lipinski definition) is 1. The fraction of sp³-hybridized carbons (Fsp3) is 0.100. The Hall–Kier alpha value is -2.01. The van der Waals surface area contributed by atoms with Gasteiger partial charge in [0, 0.05) is 17.7 Å². The fourth-order valence-electron chi connectivity index (χ4n) is 1.06. The van der Waals surface area contributed by atoms with Crippen molar-refractivity contribution in [3.05, 3.63) is 52.1 Å². The van der Waals surface area contributed by atoms with Gasteiger partial charge in [-0.15, -0.1) is 0 Å². The smallest absolute Gasteiger partial charge is 0.269 e. The fourth-order valence-corrected chi connectivity index (χ4v) is 1.06. The third-order valence-corrected chi connectivity index (χ3v) is 1.92.